The van der Waals surface area contributed by atoms with Gasteiger partial charge in [-0.2, -0.15) is 0 Å². The first-order chi connectivity index (χ1) is 20.2. The third-order valence-electron chi connectivity index (χ3n) is 10.3. The number of aliphatic carboxylic acids is 1. The van der Waals surface area contributed by atoms with Crippen LogP contribution in [-0.2, 0) is 29.0 Å². The van der Waals surface area contributed by atoms with E-state index >= 15 is 0 Å². The van der Waals surface area contributed by atoms with Crippen LogP contribution in [0.3, 0.4) is 0 Å². The highest BCUT2D eigenvalue weighted by molar-refractivity contribution is 5.82. The van der Waals surface area contributed by atoms with Gasteiger partial charge in [0.15, 0.2) is 0 Å². The Hall–Kier alpha value is -2.42. The Labute approximate surface area is 244 Å². The topological polar surface area (TPSA) is 198 Å². The molecule has 0 amide bonds. The lowest BCUT2D eigenvalue weighted by molar-refractivity contribution is -0.542. The van der Waals surface area contributed by atoms with E-state index in [9.17, 15) is 34.9 Å². The van der Waals surface area contributed by atoms with Crippen LogP contribution in [0.4, 0.5) is 0 Å². The average Bonchev–Trinajstić information content (AvgIpc) is 2.98. The summed E-state index contributed by atoms with van der Waals surface area (Å²) in [7, 11) is 0. The second kappa shape index (κ2) is 15.3. The van der Waals surface area contributed by atoms with E-state index in [2.05, 4.69) is 4.89 Å². The number of nitrogens with zero attached hydrogens (tertiary/aromatic N) is 2. The van der Waals surface area contributed by atoms with Gasteiger partial charge in [0.05, 0.1) is 31.2 Å². The molecule has 0 heterocycles. The quantitative estimate of drug-likeness (QED) is 0.140. The van der Waals surface area contributed by atoms with Crippen LogP contribution in [0.5, 0.6) is 0 Å². The Morgan fingerprint density at radius 2 is 1.31 bits per heavy atom. The van der Waals surface area contributed by atoms with Gasteiger partial charge in [-0.05, 0) is 94.8 Å². The average molecular weight is 601 g/mol. The number of esters is 1. The maximum absolute atomic E-state index is 12.9. The second-order valence-corrected chi connectivity index (χ2v) is 12.6. The Morgan fingerprint density at radius 1 is 0.738 bits per heavy atom. The van der Waals surface area contributed by atoms with E-state index in [0.29, 0.717) is 43.9 Å². The molecule has 14 heteroatoms. The molecule has 0 saturated heterocycles. The van der Waals surface area contributed by atoms with E-state index in [1.165, 1.54) is 0 Å². The first-order valence-electron chi connectivity index (χ1n) is 15.4. The third-order valence-corrected chi connectivity index (χ3v) is 10.3. The summed E-state index contributed by atoms with van der Waals surface area (Å²) in [5.41, 5.74) is 0. The predicted molar refractivity (Wildman–Crippen MR) is 144 cm³/mol. The number of ether oxygens (including phenoxy) is 1. The van der Waals surface area contributed by atoms with Crippen molar-refractivity contribution in [3.63, 3.8) is 0 Å². The normalized spacial score (nSPS) is 37.5. The Bertz CT molecular complexity index is 910. The number of hydrogen-bond donors (Lipinski definition) is 2. The zero-order valence-electron chi connectivity index (χ0n) is 24.0. The Morgan fingerprint density at radius 3 is 1.88 bits per heavy atom. The van der Waals surface area contributed by atoms with Crippen molar-refractivity contribution in [1.29, 1.82) is 0 Å². The van der Waals surface area contributed by atoms with Crippen molar-refractivity contribution in [1.82, 2.24) is 0 Å². The van der Waals surface area contributed by atoms with Gasteiger partial charge in [0.2, 0.25) is 12.1 Å². The summed E-state index contributed by atoms with van der Waals surface area (Å²) >= 11 is 0. The molecule has 0 spiro atoms. The van der Waals surface area contributed by atoms with E-state index in [-0.39, 0.29) is 55.0 Å². The molecule has 14 nitrogen and oxygen atoms in total. The van der Waals surface area contributed by atoms with Gasteiger partial charge in [-0.15, -0.1) is 0 Å². The fourth-order valence-electron chi connectivity index (χ4n) is 7.94. The molecular weight excluding hydrogens is 556 g/mol. The Balaban J connectivity index is 1.18. The van der Waals surface area contributed by atoms with Crippen LogP contribution >= 0.6 is 0 Å². The number of carboxylic acid groups (broad SMARTS) is 1. The second-order valence-electron chi connectivity index (χ2n) is 12.6. The molecule has 238 valence electrons. The van der Waals surface area contributed by atoms with E-state index in [0.717, 1.165) is 44.9 Å². The minimum Gasteiger partial charge on any atom is -0.481 e. The van der Waals surface area contributed by atoms with Gasteiger partial charge in [0.1, 0.15) is 12.0 Å². The molecule has 42 heavy (non-hydrogen) atoms. The molecule has 0 aromatic rings. The van der Waals surface area contributed by atoms with Crippen LogP contribution in [0.1, 0.15) is 89.9 Å². The highest BCUT2D eigenvalue weighted by Crippen LogP contribution is 2.41. The lowest BCUT2D eigenvalue weighted by atomic mass is 9.72. The minimum atomic E-state index is -1.25. The highest BCUT2D eigenvalue weighted by Gasteiger charge is 2.50. The monoisotopic (exact) mass is 600 g/mol. The van der Waals surface area contributed by atoms with Crippen molar-refractivity contribution in [3.8, 4) is 0 Å². The molecule has 6 unspecified atom stereocenters. The van der Waals surface area contributed by atoms with Gasteiger partial charge in [0.25, 0.3) is 0 Å². The zero-order valence-corrected chi connectivity index (χ0v) is 24.0. The van der Waals surface area contributed by atoms with Gasteiger partial charge in [-0.25, -0.2) is 14.7 Å². The zero-order chi connectivity index (χ0) is 30.2. The molecule has 2 N–H and O–H groups in total. The molecule has 0 aromatic carbocycles. The van der Waals surface area contributed by atoms with Crippen molar-refractivity contribution in [3.05, 3.63) is 20.2 Å². The summed E-state index contributed by atoms with van der Waals surface area (Å²) in [6.45, 7) is 0.118. The smallest absolute Gasteiger partial charge is 0.317 e. The maximum atomic E-state index is 12.9. The molecule has 4 rings (SSSR count). The van der Waals surface area contributed by atoms with E-state index in [1.54, 1.807) is 0 Å². The highest BCUT2D eigenvalue weighted by atomic mass is 17.2. The molecule has 4 fully saturated rings. The van der Waals surface area contributed by atoms with Crippen molar-refractivity contribution in [2.24, 2.45) is 35.5 Å². The van der Waals surface area contributed by atoms with Crippen LogP contribution in [-0.4, -0.2) is 69.7 Å². The first kappa shape index (κ1) is 32.5. The van der Waals surface area contributed by atoms with Gasteiger partial charge in [0, 0.05) is 22.7 Å². The lowest BCUT2D eigenvalue weighted by Crippen LogP contribution is -2.47. The van der Waals surface area contributed by atoms with Crippen LogP contribution in [0, 0.1) is 55.7 Å². The predicted octanol–water partition coefficient (Wildman–Crippen LogP) is 4.29. The van der Waals surface area contributed by atoms with Gasteiger partial charge < -0.3 is 9.84 Å². The fraction of sp³-hybridized carbons (Fsp3) is 0.929. The summed E-state index contributed by atoms with van der Waals surface area (Å²) in [6.07, 6.45) is 8.87. The van der Waals surface area contributed by atoms with E-state index in [1.807, 2.05) is 0 Å². The number of hydrogen-bond acceptors (Lipinski definition) is 11. The molecular formula is C28H44N2O12. The van der Waals surface area contributed by atoms with Crippen molar-refractivity contribution >= 4 is 11.9 Å². The summed E-state index contributed by atoms with van der Waals surface area (Å²) < 4.78 is 5.68. The molecule has 0 aromatic heterocycles. The largest absolute Gasteiger partial charge is 0.481 e. The van der Waals surface area contributed by atoms with E-state index < -0.39 is 40.8 Å². The summed E-state index contributed by atoms with van der Waals surface area (Å²) in [4.78, 5) is 62.4. The number of rotatable bonds is 12. The van der Waals surface area contributed by atoms with Gasteiger partial charge in [-0.3, -0.25) is 35.1 Å². The number of carboxylic acids is 1. The summed E-state index contributed by atoms with van der Waals surface area (Å²) in [5.74, 6) is -3.86. The number of carbonyl (C=O) groups is 2. The van der Waals surface area contributed by atoms with Crippen LogP contribution < -0.4 is 0 Å². The molecule has 0 aliphatic heterocycles. The van der Waals surface area contributed by atoms with Crippen LogP contribution in [0.2, 0.25) is 0 Å². The molecule has 6 atom stereocenters. The minimum absolute atomic E-state index is 0.0355. The maximum Gasteiger partial charge on any atom is 0.317 e. The lowest BCUT2D eigenvalue weighted by Gasteiger charge is -2.38. The third kappa shape index (κ3) is 8.14. The molecule has 4 saturated carbocycles. The molecule has 0 bridgehead atoms. The van der Waals surface area contributed by atoms with E-state index in [4.69, 9.17) is 19.8 Å². The van der Waals surface area contributed by atoms with Gasteiger partial charge >= 0.3 is 11.9 Å². The number of carbonyl (C=O) groups excluding carboxylic acids is 1. The van der Waals surface area contributed by atoms with Crippen LogP contribution in [0.25, 0.3) is 0 Å². The first-order valence-corrected chi connectivity index (χ1v) is 15.4. The van der Waals surface area contributed by atoms with Crippen molar-refractivity contribution < 1.29 is 49.2 Å². The molecule has 4 aliphatic carbocycles. The SMILES string of the molecule is O=C(O)C1CCCC([N+](=O)[O-])C1C(=O)OC1CCC(C2CCC(OOCC3C(COO)CCCC3[N+](=O)[O-])CC2)CC1. The Kier molecular flexibility index (Phi) is 11.9. The fourth-order valence-corrected chi connectivity index (χ4v) is 7.94. The molecule has 0 radical (unpaired) electrons. The van der Waals surface area contributed by atoms with Crippen molar-refractivity contribution in [2.75, 3.05) is 13.2 Å². The van der Waals surface area contributed by atoms with Gasteiger partial charge in [-0.1, -0.05) is 0 Å². The summed E-state index contributed by atoms with van der Waals surface area (Å²) in [5, 5.41) is 41.5. The summed E-state index contributed by atoms with van der Waals surface area (Å²) in [6, 6.07) is -1.97. The van der Waals surface area contributed by atoms with Crippen LogP contribution in [0.15, 0.2) is 0 Å². The molecule has 4 aliphatic rings. The standard InChI is InChI=1S/C28H44N2O12/c31-27(32)22-4-2-6-25(30(36)37)26(22)28(33)41-20-11-7-17(8-12-20)18-9-13-21(14-10-18)42-40-16-23-19(15-39-38)3-1-5-24(23)29(34)35/h17-26,38H,1-16H2,(H,31,32). The van der Waals surface area contributed by atoms with Crippen molar-refractivity contribution in [2.45, 2.75) is 114 Å². The number of nitro groups is 2.